The Morgan fingerprint density at radius 2 is 2.14 bits per heavy atom. The lowest BCUT2D eigenvalue weighted by molar-refractivity contribution is 0.341. The Morgan fingerprint density at radius 3 is 2.95 bits per heavy atom. The first kappa shape index (κ1) is 12.7. The molecule has 3 aromatic heterocycles. The van der Waals surface area contributed by atoms with Gasteiger partial charge < -0.3 is 4.90 Å². The summed E-state index contributed by atoms with van der Waals surface area (Å²) >= 11 is 3.42. The molecule has 0 spiro atoms. The predicted octanol–water partition coefficient (Wildman–Crippen LogP) is 2.12. The fourth-order valence-corrected chi connectivity index (χ4v) is 3.02. The van der Waals surface area contributed by atoms with Gasteiger partial charge in [-0.25, -0.2) is 15.0 Å². The number of fused-ring (bicyclic) bond motifs is 1. The topological polar surface area (TPSA) is 59.7 Å². The zero-order chi connectivity index (χ0) is 14.2. The van der Waals surface area contributed by atoms with Crippen LogP contribution in [0.2, 0.25) is 0 Å². The predicted molar refractivity (Wildman–Crippen MR) is 83.0 cm³/mol. The standard InChI is InChI=1S/C14H13BrN6/c15-11-4-19-21(8-11)7-10-5-20(6-10)14-12-2-1-3-16-13(12)17-9-18-14/h1-4,8-10H,5-7H2. The van der Waals surface area contributed by atoms with Gasteiger partial charge in [-0.05, 0) is 28.1 Å². The maximum absolute atomic E-state index is 4.42. The molecule has 0 N–H and O–H groups in total. The smallest absolute Gasteiger partial charge is 0.164 e. The number of nitrogens with zero attached hydrogens (tertiary/aromatic N) is 6. The SMILES string of the molecule is Brc1cnn(CC2CN(c3ncnc4ncccc34)C2)c1. The molecule has 4 heterocycles. The van der Waals surface area contributed by atoms with Crippen molar-refractivity contribution in [3.8, 4) is 0 Å². The van der Waals surface area contributed by atoms with Gasteiger partial charge >= 0.3 is 0 Å². The van der Waals surface area contributed by atoms with Crippen molar-refractivity contribution in [3.63, 3.8) is 0 Å². The van der Waals surface area contributed by atoms with E-state index in [0.29, 0.717) is 5.92 Å². The van der Waals surface area contributed by atoms with E-state index in [9.17, 15) is 0 Å². The van der Waals surface area contributed by atoms with E-state index in [1.165, 1.54) is 0 Å². The number of pyridine rings is 1. The summed E-state index contributed by atoms with van der Waals surface area (Å²) in [4.78, 5) is 15.2. The van der Waals surface area contributed by atoms with Crippen LogP contribution in [0.15, 0.2) is 41.5 Å². The zero-order valence-corrected chi connectivity index (χ0v) is 12.8. The van der Waals surface area contributed by atoms with Crippen LogP contribution < -0.4 is 4.90 Å². The van der Waals surface area contributed by atoms with Crippen molar-refractivity contribution in [2.75, 3.05) is 18.0 Å². The lowest BCUT2D eigenvalue weighted by Crippen LogP contribution is -2.49. The van der Waals surface area contributed by atoms with Crippen molar-refractivity contribution in [3.05, 3.63) is 41.5 Å². The van der Waals surface area contributed by atoms with Gasteiger partial charge in [-0.2, -0.15) is 5.10 Å². The molecule has 106 valence electrons. The van der Waals surface area contributed by atoms with Crippen molar-refractivity contribution in [2.24, 2.45) is 5.92 Å². The summed E-state index contributed by atoms with van der Waals surface area (Å²) in [5, 5.41) is 5.32. The van der Waals surface area contributed by atoms with Gasteiger partial charge in [-0.15, -0.1) is 0 Å². The molecule has 0 unspecified atom stereocenters. The fourth-order valence-electron chi connectivity index (χ4n) is 2.70. The summed E-state index contributed by atoms with van der Waals surface area (Å²) < 4.78 is 3.00. The molecular weight excluding hydrogens is 332 g/mol. The Balaban J connectivity index is 1.49. The largest absolute Gasteiger partial charge is 0.355 e. The molecule has 1 fully saturated rings. The Morgan fingerprint density at radius 1 is 1.24 bits per heavy atom. The van der Waals surface area contributed by atoms with E-state index >= 15 is 0 Å². The number of halogens is 1. The maximum atomic E-state index is 4.42. The lowest BCUT2D eigenvalue weighted by atomic mass is 10.00. The third-order valence-corrected chi connectivity index (χ3v) is 4.10. The highest BCUT2D eigenvalue weighted by atomic mass is 79.9. The van der Waals surface area contributed by atoms with E-state index in [2.05, 4.69) is 40.9 Å². The summed E-state index contributed by atoms with van der Waals surface area (Å²) in [6, 6.07) is 3.95. The van der Waals surface area contributed by atoms with Gasteiger partial charge in [0.25, 0.3) is 0 Å². The third-order valence-electron chi connectivity index (χ3n) is 3.69. The number of anilines is 1. The molecule has 3 aromatic rings. The van der Waals surface area contributed by atoms with E-state index in [1.54, 1.807) is 12.5 Å². The Kier molecular flexibility index (Phi) is 3.07. The van der Waals surface area contributed by atoms with Crippen LogP contribution in [-0.2, 0) is 6.54 Å². The maximum Gasteiger partial charge on any atom is 0.164 e. The summed E-state index contributed by atoms with van der Waals surface area (Å²) in [5.74, 6) is 1.57. The average Bonchev–Trinajstić information content (AvgIpc) is 2.87. The highest BCUT2D eigenvalue weighted by Gasteiger charge is 2.29. The van der Waals surface area contributed by atoms with Gasteiger partial charge in [0.2, 0.25) is 0 Å². The van der Waals surface area contributed by atoms with Crippen LogP contribution in [-0.4, -0.2) is 37.8 Å². The Bertz CT molecular complexity index is 774. The molecule has 0 bridgehead atoms. The van der Waals surface area contributed by atoms with Crippen LogP contribution >= 0.6 is 15.9 Å². The van der Waals surface area contributed by atoms with E-state index in [-0.39, 0.29) is 0 Å². The molecule has 0 aliphatic carbocycles. The first-order valence-corrected chi connectivity index (χ1v) is 7.57. The van der Waals surface area contributed by atoms with Crippen molar-refractivity contribution < 1.29 is 0 Å². The molecule has 1 saturated heterocycles. The van der Waals surface area contributed by atoms with Crippen LogP contribution in [0.25, 0.3) is 11.0 Å². The molecule has 1 aliphatic rings. The van der Waals surface area contributed by atoms with Crippen LogP contribution in [0.5, 0.6) is 0 Å². The molecule has 0 aromatic carbocycles. The normalized spacial score (nSPS) is 15.4. The quantitative estimate of drug-likeness (QED) is 0.728. The minimum Gasteiger partial charge on any atom is -0.355 e. The van der Waals surface area contributed by atoms with Gasteiger partial charge in [0, 0.05) is 37.9 Å². The van der Waals surface area contributed by atoms with Gasteiger partial charge in [-0.3, -0.25) is 4.68 Å². The van der Waals surface area contributed by atoms with Gasteiger partial charge in [-0.1, -0.05) is 0 Å². The number of aromatic nitrogens is 5. The summed E-state index contributed by atoms with van der Waals surface area (Å²) in [7, 11) is 0. The van der Waals surface area contributed by atoms with Gasteiger partial charge in [0.1, 0.15) is 12.1 Å². The fraction of sp³-hybridized carbons (Fsp3) is 0.286. The Hall–Kier alpha value is -2.02. The van der Waals surface area contributed by atoms with E-state index < -0.39 is 0 Å². The monoisotopic (exact) mass is 344 g/mol. The third kappa shape index (κ3) is 2.37. The van der Waals surface area contributed by atoms with Crippen molar-refractivity contribution in [1.29, 1.82) is 0 Å². The zero-order valence-electron chi connectivity index (χ0n) is 11.2. The van der Waals surface area contributed by atoms with E-state index in [4.69, 9.17) is 0 Å². The molecule has 4 rings (SSSR count). The molecule has 6 nitrogen and oxygen atoms in total. The molecule has 0 amide bonds. The molecule has 1 aliphatic heterocycles. The van der Waals surface area contributed by atoms with Crippen LogP contribution in [0, 0.1) is 5.92 Å². The van der Waals surface area contributed by atoms with Crippen LogP contribution in [0.3, 0.4) is 0 Å². The van der Waals surface area contributed by atoms with E-state index in [1.807, 2.05) is 29.2 Å². The summed E-state index contributed by atoms with van der Waals surface area (Å²) in [6.07, 6.45) is 7.17. The summed E-state index contributed by atoms with van der Waals surface area (Å²) in [5.41, 5.74) is 0.752. The molecule has 7 heteroatoms. The number of rotatable bonds is 3. The van der Waals surface area contributed by atoms with Crippen LogP contribution in [0.1, 0.15) is 0 Å². The molecular formula is C14H13BrN6. The first-order valence-electron chi connectivity index (χ1n) is 6.78. The average molecular weight is 345 g/mol. The van der Waals surface area contributed by atoms with Crippen LogP contribution in [0.4, 0.5) is 5.82 Å². The van der Waals surface area contributed by atoms with Crippen molar-refractivity contribution >= 4 is 32.8 Å². The first-order chi connectivity index (χ1) is 10.3. The van der Waals surface area contributed by atoms with Crippen molar-refractivity contribution in [1.82, 2.24) is 24.7 Å². The van der Waals surface area contributed by atoms with Crippen molar-refractivity contribution in [2.45, 2.75) is 6.54 Å². The van der Waals surface area contributed by atoms with E-state index in [0.717, 1.165) is 41.0 Å². The molecule has 0 saturated carbocycles. The molecule has 0 radical (unpaired) electrons. The second kappa shape index (κ2) is 5.07. The highest BCUT2D eigenvalue weighted by Crippen LogP contribution is 2.28. The number of hydrogen-bond donors (Lipinski definition) is 0. The lowest BCUT2D eigenvalue weighted by Gasteiger charge is -2.40. The minimum atomic E-state index is 0.596. The van der Waals surface area contributed by atoms with Gasteiger partial charge in [0.05, 0.1) is 16.1 Å². The molecule has 0 atom stereocenters. The highest BCUT2D eigenvalue weighted by molar-refractivity contribution is 9.10. The number of hydrogen-bond acceptors (Lipinski definition) is 5. The minimum absolute atomic E-state index is 0.596. The second-order valence-electron chi connectivity index (χ2n) is 5.22. The second-order valence-corrected chi connectivity index (χ2v) is 6.14. The Labute approximate surface area is 130 Å². The molecule has 21 heavy (non-hydrogen) atoms. The van der Waals surface area contributed by atoms with Gasteiger partial charge in [0.15, 0.2) is 5.65 Å². The summed E-state index contributed by atoms with van der Waals surface area (Å²) in [6.45, 7) is 2.90.